The van der Waals surface area contributed by atoms with Gasteiger partial charge in [-0.05, 0) is 49.2 Å². The molecule has 7 nitrogen and oxygen atoms in total. The molecule has 0 aliphatic carbocycles. The Morgan fingerprint density at radius 2 is 1.77 bits per heavy atom. The number of nitrogens with zero attached hydrogens (tertiary/aromatic N) is 1. The minimum atomic E-state index is -0.930. The first kappa shape index (κ1) is 19.4. The van der Waals surface area contributed by atoms with E-state index in [1.165, 1.54) is 0 Å². The van der Waals surface area contributed by atoms with E-state index in [9.17, 15) is 9.59 Å². The number of benzene rings is 1. The minimum absolute atomic E-state index is 0.251. The molecular weight excluding hydrogens is 330 g/mol. The lowest BCUT2D eigenvalue weighted by molar-refractivity contribution is -0.120. The lowest BCUT2D eigenvalue weighted by atomic mass is 9.96. The van der Waals surface area contributed by atoms with E-state index in [1.807, 2.05) is 19.1 Å². The van der Waals surface area contributed by atoms with E-state index in [0.29, 0.717) is 24.3 Å². The fourth-order valence-electron chi connectivity index (χ4n) is 2.44. The van der Waals surface area contributed by atoms with Crippen LogP contribution in [0.25, 0.3) is 0 Å². The molecule has 26 heavy (non-hydrogen) atoms. The van der Waals surface area contributed by atoms with Crippen molar-refractivity contribution in [2.45, 2.75) is 38.8 Å². The first-order valence-corrected chi connectivity index (χ1v) is 8.55. The predicted octanol–water partition coefficient (Wildman–Crippen LogP) is 2.86. The first-order chi connectivity index (χ1) is 12.4. The number of carbonyl (C=O) groups excluding carboxylic acids is 2. The van der Waals surface area contributed by atoms with Crippen molar-refractivity contribution in [1.82, 2.24) is 10.3 Å². The van der Waals surface area contributed by atoms with Crippen LogP contribution in [0.1, 0.15) is 32.3 Å². The molecule has 2 rings (SSSR count). The van der Waals surface area contributed by atoms with Crippen LogP contribution in [-0.4, -0.2) is 22.5 Å². The molecule has 0 fully saturated rings. The zero-order valence-electron chi connectivity index (χ0n) is 15.1. The molecule has 0 spiro atoms. The van der Waals surface area contributed by atoms with Gasteiger partial charge in [0.2, 0.25) is 5.91 Å². The fourth-order valence-corrected chi connectivity index (χ4v) is 2.44. The number of urea groups is 1. The van der Waals surface area contributed by atoms with Crippen LogP contribution in [0.5, 0.6) is 0 Å². The van der Waals surface area contributed by atoms with Crippen molar-refractivity contribution in [1.29, 1.82) is 0 Å². The Bertz CT molecular complexity index is 747. The van der Waals surface area contributed by atoms with Gasteiger partial charge in [0.25, 0.3) is 0 Å². The molecule has 0 bridgehead atoms. The maximum Gasteiger partial charge on any atom is 0.319 e. The minimum Gasteiger partial charge on any atom is -0.334 e. The molecule has 138 valence electrons. The Morgan fingerprint density at radius 1 is 1.12 bits per heavy atom. The molecule has 5 N–H and O–H groups in total. The van der Waals surface area contributed by atoms with Crippen molar-refractivity contribution in [2.24, 2.45) is 5.73 Å². The average Bonchev–Trinajstić information content (AvgIpc) is 2.61. The Kier molecular flexibility index (Phi) is 6.68. The number of amides is 3. The van der Waals surface area contributed by atoms with Gasteiger partial charge in [0.15, 0.2) is 0 Å². The van der Waals surface area contributed by atoms with E-state index >= 15 is 0 Å². The Balaban J connectivity index is 1.92. The van der Waals surface area contributed by atoms with Crippen LogP contribution in [0.15, 0.2) is 48.8 Å². The van der Waals surface area contributed by atoms with Crippen molar-refractivity contribution in [3.05, 3.63) is 54.4 Å². The van der Waals surface area contributed by atoms with E-state index in [0.717, 1.165) is 12.0 Å². The lowest BCUT2D eigenvalue weighted by Gasteiger charge is -2.23. The van der Waals surface area contributed by atoms with Gasteiger partial charge < -0.3 is 21.7 Å². The van der Waals surface area contributed by atoms with Crippen LogP contribution in [0, 0.1) is 0 Å². The summed E-state index contributed by atoms with van der Waals surface area (Å²) in [5.41, 5.74) is 7.21. The third-order valence-electron chi connectivity index (χ3n) is 3.87. The van der Waals surface area contributed by atoms with Crippen molar-refractivity contribution < 1.29 is 9.59 Å². The summed E-state index contributed by atoms with van der Waals surface area (Å²) in [5, 5.41) is 8.30. The number of rotatable bonds is 7. The van der Waals surface area contributed by atoms with Crippen LogP contribution in [0.4, 0.5) is 16.2 Å². The Labute approximate surface area is 153 Å². The maximum absolute atomic E-state index is 12.3. The first-order valence-electron chi connectivity index (χ1n) is 8.55. The number of aromatic nitrogens is 1. The zero-order chi connectivity index (χ0) is 19.0. The smallest absolute Gasteiger partial charge is 0.319 e. The summed E-state index contributed by atoms with van der Waals surface area (Å²) in [4.78, 5) is 28.2. The molecule has 0 radical (unpaired) electrons. The zero-order valence-corrected chi connectivity index (χ0v) is 15.1. The van der Waals surface area contributed by atoms with Gasteiger partial charge in [0.05, 0.1) is 5.54 Å². The van der Waals surface area contributed by atoms with Crippen LogP contribution in [0.3, 0.4) is 0 Å². The number of nitrogens with one attached hydrogen (secondary N) is 3. The van der Waals surface area contributed by atoms with Crippen molar-refractivity contribution >= 4 is 23.3 Å². The third-order valence-corrected chi connectivity index (χ3v) is 3.87. The molecule has 1 aromatic carbocycles. The van der Waals surface area contributed by atoms with E-state index in [-0.39, 0.29) is 11.9 Å². The van der Waals surface area contributed by atoms with Gasteiger partial charge in [0, 0.05) is 30.3 Å². The van der Waals surface area contributed by atoms with Gasteiger partial charge in [-0.15, -0.1) is 0 Å². The summed E-state index contributed by atoms with van der Waals surface area (Å²) in [7, 11) is 0. The van der Waals surface area contributed by atoms with E-state index in [4.69, 9.17) is 5.73 Å². The fraction of sp³-hybridized carbons (Fsp3) is 0.316. The van der Waals surface area contributed by atoms with Gasteiger partial charge in [-0.3, -0.25) is 9.78 Å². The molecule has 1 atom stereocenters. The Hall–Kier alpha value is -2.93. The predicted molar refractivity (Wildman–Crippen MR) is 103 cm³/mol. The van der Waals surface area contributed by atoms with Gasteiger partial charge >= 0.3 is 6.03 Å². The molecule has 2 aromatic rings. The summed E-state index contributed by atoms with van der Waals surface area (Å²) in [6.07, 6.45) is 4.75. The summed E-state index contributed by atoms with van der Waals surface area (Å²) < 4.78 is 0. The summed E-state index contributed by atoms with van der Waals surface area (Å²) in [5.74, 6) is -0.251. The second kappa shape index (κ2) is 8.96. The van der Waals surface area contributed by atoms with Crippen LogP contribution in [-0.2, 0) is 11.3 Å². The highest BCUT2D eigenvalue weighted by atomic mass is 16.2. The normalized spacial score (nSPS) is 12.7. The van der Waals surface area contributed by atoms with Crippen LogP contribution < -0.4 is 21.7 Å². The highest BCUT2D eigenvalue weighted by Crippen LogP contribution is 2.18. The number of hydrogen-bond acceptors (Lipinski definition) is 4. The molecule has 7 heteroatoms. The molecule has 0 saturated heterocycles. The molecule has 3 amide bonds. The van der Waals surface area contributed by atoms with Crippen molar-refractivity contribution in [3.8, 4) is 0 Å². The van der Waals surface area contributed by atoms with Gasteiger partial charge in [-0.2, -0.15) is 0 Å². The quantitative estimate of drug-likeness (QED) is 0.612. The third kappa shape index (κ3) is 5.86. The number of pyridine rings is 1. The number of anilines is 2. The van der Waals surface area contributed by atoms with Crippen LogP contribution in [0.2, 0.25) is 0 Å². The molecule has 1 unspecified atom stereocenters. The van der Waals surface area contributed by atoms with E-state index in [2.05, 4.69) is 20.9 Å². The number of hydrogen-bond donors (Lipinski definition) is 4. The summed E-state index contributed by atoms with van der Waals surface area (Å²) in [6.45, 7) is 4.08. The summed E-state index contributed by atoms with van der Waals surface area (Å²) >= 11 is 0. The monoisotopic (exact) mass is 355 g/mol. The van der Waals surface area contributed by atoms with Gasteiger partial charge in [-0.1, -0.05) is 19.4 Å². The SMILES string of the molecule is CCCC(C)(N)C(=O)Nc1cccc(NC(=O)NCc2ccncc2)c1. The molecular formula is C19H25N5O2. The average molecular weight is 355 g/mol. The molecule has 0 aliphatic rings. The van der Waals surface area contributed by atoms with Gasteiger partial charge in [0.1, 0.15) is 0 Å². The number of carbonyl (C=O) groups is 2. The maximum atomic E-state index is 12.3. The second-order valence-electron chi connectivity index (χ2n) is 6.37. The lowest BCUT2D eigenvalue weighted by Crippen LogP contribution is -2.48. The number of nitrogens with two attached hydrogens (primary N) is 1. The molecule has 1 aromatic heterocycles. The Morgan fingerprint density at radius 3 is 2.42 bits per heavy atom. The van der Waals surface area contributed by atoms with Crippen molar-refractivity contribution in [3.63, 3.8) is 0 Å². The summed E-state index contributed by atoms with van der Waals surface area (Å²) in [6, 6.07) is 10.3. The largest absolute Gasteiger partial charge is 0.334 e. The standard InChI is InChI=1S/C19H25N5O2/c1-3-9-19(2,20)17(25)23-15-5-4-6-16(12-15)24-18(26)22-13-14-7-10-21-11-8-14/h4-8,10-12H,3,9,13,20H2,1-2H3,(H,23,25)(H2,22,24,26). The van der Waals surface area contributed by atoms with E-state index in [1.54, 1.807) is 43.6 Å². The van der Waals surface area contributed by atoms with Gasteiger partial charge in [-0.25, -0.2) is 4.79 Å². The van der Waals surface area contributed by atoms with E-state index < -0.39 is 5.54 Å². The second-order valence-corrected chi connectivity index (χ2v) is 6.37. The van der Waals surface area contributed by atoms with Crippen LogP contribution >= 0.6 is 0 Å². The topological polar surface area (TPSA) is 109 Å². The molecule has 0 saturated carbocycles. The molecule has 0 aliphatic heterocycles. The van der Waals surface area contributed by atoms with Crippen molar-refractivity contribution in [2.75, 3.05) is 10.6 Å². The molecule has 1 heterocycles. The highest BCUT2D eigenvalue weighted by Gasteiger charge is 2.27. The highest BCUT2D eigenvalue weighted by molar-refractivity contribution is 5.98.